The van der Waals surface area contributed by atoms with Crippen molar-refractivity contribution in [2.75, 3.05) is 24.2 Å². The summed E-state index contributed by atoms with van der Waals surface area (Å²) in [4.78, 5) is 13.7. The van der Waals surface area contributed by atoms with Crippen molar-refractivity contribution < 1.29 is 9.32 Å². The summed E-state index contributed by atoms with van der Waals surface area (Å²) in [6.45, 7) is 4.91. The van der Waals surface area contributed by atoms with Gasteiger partial charge in [0.1, 0.15) is 11.5 Å². The maximum atomic E-state index is 11.8. The predicted octanol–water partition coefficient (Wildman–Crippen LogP) is 1.95. The summed E-state index contributed by atoms with van der Waals surface area (Å²) in [7, 11) is 1.92. The molecule has 0 atom stereocenters. The summed E-state index contributed by atoms with van der Waals surface area (Å²) >= 11 is 0. The Balaban J connectivity index is 2.14. The topological polar surface area (TPSA) is 84.4 Å². The Bertz CT molecular complexity index is 636. The van der Waals surface area contributed by atoms with E-state index in [0.717, 1.165) is 17.1 Å². The summed E-state index contributed by atoms with van der Waals surface area (Å²) in [5.74, 6) is 0.656. The second-order valence-electron chi connectivity index (χ2n) is 4.92. The quantitative estimate of drug-likeness (QED) is 0.821. The van der Waals surface area contributed by atoms with Gasteiger partial charge < -0.3 is 20.5 Å². The molecule has 0 saturated heterocycles. The molecule has 2 aromatic rings. The highest BCUT2D eigenvalue weighted by molar-refractivity contribution is 5.96. The number of aromatic nitrogens is 1. The van der Waals surface area contributed by atoms with Crippen LogP contribution in [0.1, 0.15) is 28.7 Å². The molecule has 0 spiro atoms. The lowest BCUT2D eigenvalue weighted by Gasteiger charge is -2.20. The minimum absolute atomic E-state index is 0.120. The van der Waals surface area contributed by atoms with Crippen LogP contribution in [0.5, 0.6) is 0 Å². The van der Waals surface area contributed by atoms with E-state index in [1.807, 2.05) is 37.9 Å². The van der Waals surface area contributed by atoms with Crippen molar-refractivity contribution in [3.8, 4) is 0 Å². The highest BCUT2D eigenvalue weighted by Crippen LogP contribution is 2.24. The standard InChI is InChI=1S/C15H20N4O2/c1-4-17-15(20)11-5-6-14(13(16)8-11)19(3)9-12-7-10(2)21-18-12/h5-8H,4,9,16H2,1-3H3,(H,17,20). The van der Waals surface area contributed by atoms with Crippen molar-refractivity contribution in [3.63, 3.8) is 0 Å². The molecule has 0 aliphatic rings. The van der Waals surface area contributed by atoms with Crippen LogP contribution in [0.4, 0.5) is 11.4 Å². The fourth-order valence-corrected chi connectivity index (χ4v) is 2.13. The van der Waals surface area contributed by atoms with Crippen LogP contribution in [0.3, 0.4) is 0 Å². The van der Waals surface area contributed by atoms with Crippen LogP contribution in [0.2, 0.25) is 0 Å². The number of hydrogen-bond acceptors (Lipinski definition) is 5. The third-order valence-electron chi connectivity index (χ3n) is 3.11. The van der Waals surface area contributed by atoms with Crippen molar-refractivity contribution in [1.29, 1.82) is 0 Å². The molecule has 2 rings (SSSR count). The number of nitrogens with zero attached hydrogens (tertiary/aromatic N) is 2. The molecule has 0 saturated carbocycles. The summed E-state index contributed by atoms with van der Waals surface area (Å²) < 4.78 is 5.05. The minimum Gasteiger partial charge on any atom is -0.397 e. The number of aryl methyl sites for hydroxylation is 1. The number of benzene rings is 1. The lowest BCUT2D eigenvalue weighted by Crippen LogP contribution is -2.23. The molecule has 1 aromatic heterocycles. The summed E-state index contributed by atoms with van der Waals surface area (Å²) in [6, 6.07) is 7.18. The maximum Gasteiger partial charge on any atom is 0.251 e. The fourth-order valence-electron chi connectivity index (χ4n) is 2.13. The molecule has 3 N–H and O–H groups in total. The molecule has 1 aromatic carbocycles. The molecular formula is C15H20N4O2. The molecule has 0 radical (unpaired) electrons. The van der Waals surface area contributed by atoms with E-state index in [1.54, 1.807) is 12.1 Å². The lowest BCUT2D eigenvalue weighted by molar-refractivity contribution is 0.0956. The molecule has 0 aliphatic heterocycles. The van der Waals surface area contributed by atoms with Crippen LogP contribution in [0, 0.1) is 6.92 Å². The van der Waals surface area contributed by atoms with Gasteiger partial charge in [0.15, 0.2) is 0 Å². The number of carbonyl (C=O) groups excluding carboxylic acids is 1. The van der Waals surface area contributed by atoms with Gasteiger partial charge in [-0.1, -0.05) is 5.16 Å². The molecule has 0 fully saturated rings. The van der Waals surface area contributed by atoms with Crippen LogP contribution >= 0.6 is 0 Å². The smallest absolute Gasteiger partial charge is 0.251 e. The van der Waals surface area contributed by atoms with Crippen LogP contribution in [0.15, 0.2) is 28.8 Å². The number of hydrogen-bond donors (Lipinski definition) is 2. The van der Waals surface area contributed by atoms with Crippen LogP contribution in [-0.2, 0) is 6.54 Å². The van der Waals surface area contributed by atoms with Gasteiger partial charge in [-0.15, -0.1) is 0 Å². The Morgan fingerprint density at radius 2 is 2.19 bits per heavy atom. The molecule has 6 heteroatoms. The highest BCUT2D eigenvalue weighted by Gasteiger charge is 2.11. The number of nitrogens with one attached hydrogen (secondary N) is 1. The van der Waals surface area contributed by atoms with Crippen molar-refractivity contribution in [2.45, 2.75) is 20.4 Å². The number of carbonyl (C=O) groups is 1. The van der Waals surface area contributed by atoms with Gasteiger partial charge in [-0.25, -0.2) is 0 Å². The van der Waals surface area contributed by atoms with Gasteiger partial charge in [0, 0.05) is 25.2 Å². The zero-order valence-electron chi connectivity index (χ0n) is 12.5. The Labute approximate surface area is 123 Å². The number of rotatable bonds is 5. The van der Waals surface area contributed by atoms with E-state index in [9.17, 15) is 4.79 Å². The first-order valence-electron chi connectivity index (χ1n) is 6.82. The molecule has 6 nitrogen and oxygen atoms in total. The van der Waals surface area contributed by atoms with Gasteiger partial charge in [0.2, 0.25) is 0 Å². The zero-order valence-corrected chi connectivity index (χ0v) is 12.5. The average Bonchev–Trinajstić information content (AvgIpc) is 2.84. The van der Waals surface area contributed by atoms with E-state index in [0.29, 0.717) is 24.3 Å². The van der Waals surface area contributed by atoms with Gasteiger partial charge in [-0.3, -0.25) is 4.79 Å². The molecule has 0 unspecified atom stereocenters. The third kappa shape index (κ3) is 3.53. The monoisotopic (exact) mass is 288 g/mol. The lowest BCUT2D eigenvalue weighted by atomic mass is 10.1. The van der Waals surface area contributed by atoms with Gasteiger partial charge >= 0.3 is 0 Å². The van der Waals surface area contributed by atoms with Gasteiger partial charge in [0.25, 0.3) is 5.91 Å². The Morgan fingerprint density at radius 1 is 1.43 bits per heavy atom. The first-order valence-corrected chi connectivity index (χ1v) is 6.82. The average molecular weight is 288 g/mol. The second kappa shape index (κ2) is 6.30. The van der Waals surface area contributed by atoms with Crippen molar-refractivity contribution in [3.05, 3.63) is 41.3 Å². The molecule has 112 valence electrons. The molecular weight excluding hydrogens is 268 g/mol. The van der Waals surface area contributed by atoms with Crippen LogP contribution in [-0.4, -0.2) is 24.7 Å². The van der Waals surface area contributed by atoms with E-state index in [4.69, 9.17) is 10.3 Å². The molecule has 0 bridgehead atoms. The van der Waals surface area contributed by atoms with Crippen molar-refractivity contribution in [1.82, 2.24) is 10.5 Å². The summed E-state index contributed by atoms with van der Waals surface area (Å²) in [5.41, 5.74) is 8.85. The molecule has 0 aliphatic carbocycles. The predicted molar refractivity (Wildman–Crippen MR) is 82.2 cm³/mol. The van der Waals surface area contributed by atoms with E-state index in [-0.39, 0.29) is 5.91 Å². The molecule has 1 amide bonds. The van der Waals surface area contributed by atoms with Crippen molar-refractivity contribution in [2.24, 2.45) is 0 Å². The normalized spacial score (nSPS) is 10.4. The maximum absolute atomic E-state index is 11.8. The summed E-state index contributed by atoms with van der Waals surface area (Å²) in [5, 5.41) is 6.71. The van der Waals surface area contributed by atoms with E-state index >= 15 is 0 Å². The van der Waals surface area contributed by atoms with E-state index in [2.05, 4.69) is 10.5 Å². The van der Waals surface area contributed by atoms with Gasteiger partial charge in [-0.2, -0.15) is 0 Å². The number of anilines is 2. The zero-order chi connectivity index (χ0) is 15.4. The fraction of sp³-hybridized carbons (Fsp3) is 0.333. The summed E-state index contributed by atoms with van der Waals surface area (Å²) in [6.07, 6.45) is 0. The Morgan fingerprint density at radius 3 is 2.76 bits per heavy atom. The number of amides is 1. The second-order valence-corrected chi connectivity index (χ2v) is 4.92. The van der Waals surface area contributed by atoms with Crippen molar-refractivity contribution >= 4 is 17.3 Å². The van der Waals surface area contributed by atoms with E-state index in [1.165, 1.54) is 0 Å². The number of nitrogen functional groups attached to an aromatic ring is 1. The largest absolute Gasteiger partial charge is 0.397 e. The first kappa shape index (κ1) is 14.9. The van der Waals surface area contributed by atoms with E-state index < -0.39 is 0 Å². The molecule has 1 heterocycles. The van der Waals surface area contributed by atoms with Gasteiger partial charge in [0.05, 0.1) is 17.9 Å². The highest BCUT2D eigenvalue weighted by atomic mass is 16.5. The SMILES string of the molecule is CCNC(=O)c1ccc(N(C)Cc2cc(C)on2)c(N)c1. The van der Waals surface area contributed by atoms with Crippen LogP contribution in [0.25, 0.3) is 0 Å². The Kier molecular flexibility index (Phi) is 4.47. The number of nitrogens with two attached hydrogens (primary N) is 1. The Hall–Kier alpha value is -2.50. The van der Waals surface area contributed by atoms with Crippen LogP contribution < -0.4 is 16.0 Å². The first-order chi connectivity index (χ1) is 10.0. The third-order valence-corrected chi connectivity index (χ3v) is 3.11. The molecule has 21 heavy (non-hydrogen) atoms. The minimum atomic E-state index is -0.120. The van der Waals surface area contributed by atoms with Gasteiger partial charge in [-0.05, 0) is 32.0 Å².